The van der Waals surface area contributed by atoms with Crippen LogP contribution in [0.5, 0.6) is 0 Å². The summed E-state index contributed by atoms with van der Waals surface area (Å²) in [4.78, 5) is 25.1. The smallest absolute Gasteiger partial charge is 0.281 e. The van der Waals surface area contributed by atoms with Crippen LogP contribution in [0.4, 0.5) is 11.6 Å². The van der Waals surface area contributed by atoms with Crippen molar-refractivity contribution in [3.63, 3.8) is 0 Å². The van der Waals surface area contributed by atoms with E-state index in [0.717, 1.165) is 37.9 Å². The van der Waals surface area contributed by atoms with E-state index in [0.29, 0.717) is 17.6 Å². The van der Waals surface area contributed by atoms with Crippen molar-refractivity contribution in [2.45, 2.75) is 82.3 Å². The summed E-state index contributed by atoms with van der Waals surface area (Å²) in [6.07, 6.45) is 5.67. The van der Waals surface area contributed by atoms with Gasteiger partial charge in [0, 0.05) is 29.2 Å². The zero-order valence-corrected chi connectivity index (χ0v) is 23.2. The number of sulfonamides is 1. The quantitative estimate of drug-likeness (QED) is 0.552. The van der Waals surface area contributed by atoms with Crippen molar-refractivity contribution >= 4 is 27.6 Å². The molecule has 1 amide bonds. The monoisotopic (exact) mass is 523 g/mol. The molecule has 3 atom stereocenters. The van der Waals surface area contributed by atoms with Crippen LogP contribution in [0.25, 0.3) is 0 Å². The minimum Gasteiger partial charge on any atom is -0.367 e. The minimum absolute atomic E-state index is 0.0853. The third-order valence-corrected chi connectivity index (χ3v) is 9.32. The zero-order valence-electron chi connectivity index (χ0n) is 22.3. The van der Waals surface area contributed by atoms with Crippen molar-refractivity contribution in [2.75, 3.05) is 16.8 Å². The molecule has 8 nitrogen and oxygen atoms in total. The Morgan fingerprint density at radius 1 is 1.19 bits per heavy atom. The van der Waals surface area contributed by atoms with Crippen molar-refractivity contribution in [3.8, 4) is 0 Å². The molecule has 2 fully saturated rings. The molecule has 1 saturated carbocycles. The summed E-state index contributed by atoms with van der Waals surface area (Å²) < 4.78 is 28.7. The van der Waals surface area contributed by atoms with Gasteiger partial charge in [-0.15, -0.1) is 6.58 Å². The van der Waals surface area contributed by atoms with E-state index in [4.69, 9.17) is 4.98 Å². The van der Waals surface area contributed by atoms with Gasteiger partial charge >= 0.3 is 0 Å². The number of amides is 1. The van der Waals surface area contributed by atoms with Crippen molar-refractivity contribution in [3.05, 3.63) is 54.2 Å². The SMILES string of the molecule is C=CCC1CC2CC23CN(c2nc(C(C)(C)C)ccc2C(=O)NS(=O)(=O)c2cccc(n2)N1)C(C)(C)C3. The molecule has 198 valence electrons. The largest absolute Gasteiger partial charge is 0.367 e. The third-order valence-electron chi connectivity index (χ3n) is 8.09. The van der Waals surface area contributed by atoms with Crippen molar-refractivity contribution in [1.82, 2.24) is 14.7 Å². The van der Waals surface area contributed by atoms with E-state index in [-0.39, 0.29) is 33.0 Å². The number of fused-ring (bicyclic) bond motifs is 5. The molecule has 3 unspecified atom stereocenters. The molecular weight excluding hydrogens is 486 g/mol. The first-order chi connectivity index (χ1) is 17.2. The average Bonchev–Trinajstić information content (AvgIpc) is 3.36. The number of anilines is 2. The maximum Gasteiger partial charge on any atom is 0.281 e. The van der Waals surface area contributed by atoms with Gasteiger partial charge in [-0.1, -0.05) is 32.9 Å². The fraction of sp³-hybridized carbons (Fsp3) is 0.536. The Bertz CT molecular complexity index is 1360. The fourth-order valence-corrected chi connectivity index (χ4v) is 7.10. The lowest BCUT2D eigenvalue weighted by Gasteiger charge is -2.34. The molecule has 1 aliphatic carbocycles. The molecule has 1 spiro atoms. The van der Waals surface area contributed by atoms with Gasteiger partial charge < -0.3 is 10.2 Å². The number of aromatic nitrogens is 2. The van der Waals surface area contributed by atoms with Gasteiger partial charge in [-0.3, -0.25) is 4.79 Å². The Balaban J connectivity index is 1.65. The predicted molar refractivity (Wildman–Crippen MR) is 145 cm³/mol. The van der Waals surface area contributed by atoms with E-state index in [1.54, 1.807) is 18.2 Å². The van der Waals surface area contributed by atoms with E-state index in [1.807, 2.05) is 12.1 Å². The highest BCUT2D eigenvalue weighted by molar-refractivity contribution is 7.90. The lowest BCUT2D eigenvalue weighted by molar-refractivity contribution is 0.0981. The van der Waals surface area contributed by atoms with Crippen LogP contribution in [0.3, 0.4) is 0 Å². The van der Waals surface area contributed by atoms with E-state index in [9.17, 15) is 13.2 Å². The van der Waals surface area contributed by atoms with Crippen LogP contribution >= 0.6 is 0 Å². The molecule has 0 aromatic carbocycles. The number of rotatable bonds is 2. The maximum absolute atomic E-state index is 13.5. The standard InChI is InChI=1S/C28H37N5O3S/c1-7-9-19-14-18-15-28(18)16-27(5,6)33(17-28)24-20(12-13-21(30-24)26(2,3)4)25(34)32-37(35,36)23-11-8-10-22(29-19)31-23/h7-8,10-13,18-19H,1,9,14-17H2,2-6H3,(H,29,31)(H,32,34). The van der Waals surface area contributed by atoms with Gasteiger partial charge in [0.15, 0.2) is 5.03 Å². The summed E-state index contributed by atoms with van der Waals surface area (Å²) in [5, 5.41) is 3.22. The molecule has 2 aliphatic heterocycles. The molecule has 4 bridgehead atoms. The van der Waals surface area contributed by atoms with Gasteiger partial charge in [-0.05, 0) is 75.1 Å². The average molecular weight is 524 g/mol. The number of hydrogen-bond donors (Lipinski definition) is 2. The molecule has 3 aliphatic rings. The fourth-order valence-electron chi connectivity index (χ4n) is 6.17. The first kappa shape index (κ1) is 25.7. The normalized spacial score (nSPS) is 28.0. The van der Waals surface area contributed by atoms with Crippen LogP contribution in [0.15, 0.2) is 48.0 Å². The summed E-state index contributed by atoms with van der Waals surface area (Å²) in [5.74, 6) is 0.822. The van der Waals surface area contributed by atoms with Gasteiger partial charge in [0.05, 0.1) is 5.56 Å². The molecule has 2 aromatic rings. The third kappa shape index (κ3) is 4.74. The molecule has 1 saturated heterocycles. The van der Waals surface area contributed by atoms with Crippen LogP contribution in [0, 0.1) is 11.3 Å². The number of nitrogens with zero attached hydrogens (tertiary/aromatic N) is 3. The summed E-state index contributed by atoms with van der Waals surface area (Å²) in [5.41, 5.74) is 0.781. The summed E-state index contributed by atoms with van der Waals surface area (Å²) in [6.45, 7) is 15.3. The van der Waals surface area contributed by atoms with Crippen molar-refractivity contribution < 1.29 is 13.2 Å². The lowest BCUT2D eigenvalue weighted by atomic mass is 9.90. The minimum atomic E-state index is -4.20. The Morgan fingerprint density at radius 3 is 2.65 bits per heavy atom. The predicted octanol–water partition coefficient (Wildman–Crippen LogP) is 4.65. The Kier molecular flexibility index (Phi) is 5.94. The highest BCUT2D eigenvalue weighted by Gasteiger charge is 2.62. The number of hydrogen-bond acceptors (Lipinski definition) is 7. The van der Waals surface area contributed by atoms with Crippen molar-refractivity contribution in [1.29, 1.82) is 0 Å². The Morgan fingerprint density at radius 2 is 1.95 bits per heavy atom. The molecule has 9 heteroatoms. The Labute approximate surface area is 220 Å². The van der Waals surface area contributed by atoms with Gasteiger partial charge in [0.25, 0.3) is 15.9 Å². The van der Waals surface area contributed by atoms with Gasteiger partial charge in [0.1, 0.15) is 11.6 Å². The molecule has 0 radical (unpaired) electrons. The molecular formula is C28H37N5O3S. The number of carbonyl (C=O) groups is 1. The Hall–Kier alpha value is -2.94. The molecule has 37 heavy (non-hydrogen) atoms. The second-order valence-electron chi connectivity index (χ2n) is 12.6. The van der Waals surface area contributed by atoms with E-state index >= 15 is 0 Å². The van der Waals surface area contributed by atoms with E-state index in [1.165, 1.54) is 6.07 Å². The van der Waals surface area contributed by atoms with Gasteiger partial charge in [-0.2, -0.15) is 8.42 Å². The first-order valence-corrected chi connectivity index (χ1v) is 14.4. The lowest BCUT2D eigenvalue weighted by Crippen LogP contribution is -2.41. The summed E-state index contributed by atoms with van der Waals surface area (Å²) in [6, 6.07) is 8.40. The highest BCUT2D eigenvalue weighted by Crippen LogP contribution is 2.64. The summed E-state index contributed by atoms with van der Waals surface area (Å²) >= 11 is 0. The van der Waals surface area contributed by atoms with Gasteiger partial charge in [0.2, 0.25) is 0 Å². The molecule has 2 aromatic heterocycles. The molecule has 5 rings (SSSR count). The molecule has 2 N–H and O–H groups in total. The zero-order chi connectivity index (χ0) is 26.8. The van der Waals surface area contributed by atoms with Crippen LogP contribution in [0.1, 0.15) is 76.4 Å². The van der Waals surface area contributed by atoms with Crippen LogP contribution < -0.4 is 14.9 Å². The van der Waals surface area contributed by atoms with E-state index < -0.39 is 15.9 Å². The summed E-state index contributed by atoms with van der Waals surface area (Å²) in [7, 11) is -4.20. The topological polar surface area (TPSA) is 104 Å². The van der Waals surface area contributed by atoms with Crippen LogP contribution in [-0.4, -0.2) is 42.4 Å². The number of pyridine rings is 2. The van der Waals surface area contributed by atoms with Gasteiger partial charge in [-0.25, -0.2) is 14.7 Å². The maximum atomic E-state index is 13.5. The highest BCUT2D eigenvalue weighted by atomic mass is 32.2. The second-order valence-corrected chi connectivity index (χ2v) is 14.2. The van der Waals surface area contributed by atoms with E-state index in [2.05, 4.69) is 61.1 Å². The van der Waals surface area contributed by atoms with Crippen LogP contribution in [0.2, 0.25) is 0 Å². The first-order valence-electron chi connectivity index (χ1n) is 12.9. The number of carbonyl (C=O) groups excluding carboxylic acids is 1. The second kappa shape index (κ2) is 8.55. The van der Waals surface area contributed by atoms with Crippen LogP contribution in [-0.2, 0) is 15.4 Å². The number of nitrogens with one attached hydrogen (secondary N) is 2. The molecule has 4 heterocycles. The van der Waals surface area contributed by atoms with Crippen molar-refractivity contribution in [2.24, 2.45) is 11.3 Å².